The first-order valence-corrected chi connectivity index (χ1v) is 13.1. The Hall–Kier alpha value is -2.98. The van der Waals surface area contributed by atoms with E-state index in [1.54, 1.807) is 37.3 Å². The van der Waals surface area contributed by atoms with Crippen LogP contribution in [0.25, 0.3) is 0 Å². The number of halogens is 1. The first-order valence-electron chi connectivity index (χ1n) is 10.9. The summed E-state index contributed by atoms with van der Waals surface area (Å²) in [4.78, 5) is 27.6. The van der Waals surface area contributed by atoms with E-state index in [-0.39, 0.29) is 24.2 Å². The van der Waals surface area contributed by atoms with Crippen LogP contribution in [0.2, 0.25) is 5.02 Å². The molecule has 0 radical (unpaired) electrons. The van der Waals surface area contributed by atoms with Gasteiger partial charge in [-0.3, -0.25) is 13.9 Å². The van der Waals surface area contributed by atoms with E-state index < -0.39 is 28.5 Å². The van der Waals surface area contributed by atoms with Crippen LogP contribution in [0.3, 0.4) is 0 Å². The van der Waals surface area contributed by atoms with Gasteiger partial charge in [-0.25, -0.2) is 8.42 Å². The highest BCUT2D eigenvalue weighted by Crippen LogP contribution is 2.32. The van der Waals surface area contributed by atoms with Gasteiger partial charge in [-0.05, 0) is 44.5 Å². The minimum absolute atomic E-state index is 0.0225. The Morgan fingerprint density at radius 2 is 1.66 bits per heavy atom. The van der Waals surface area contributed by atoms with E-state index in [1.807, 2.05) is 13.8 Å². The molecular formula is C24H32ClN3O6S. The van der Waals surface area contributed by atoms with Gasteiger partial charge in [0.1, 0.15) is 12.6 Å². The van der Waals surface area contributed by atoms with Crippen LogP contribution in [-0.4, -0.2) is 64.2 Å². The molecule has 0 bridgehead atoms. The minimum atomic E-state index is -3.87. The summed E-state index contributed by atoms with van der Waals surface area (Å²) in [6.45, 7) is 4.71. The number of nitrogens with zero attached hydrogens (tertiary/aromatic N) is 2. The van der Waals surface area contributed by atoms with Crippen LogP contribution < -0.4 is 19.1 Å². The number of anilines is 1. The number of benzene rings is 2. The van der Waals surface area contributed by atoms with Gasteiger partial charge in [-0.15, -0.1) is 0 Å². The largest absolute Gasteiger partial charge is 0.493 e. The van der Waals surface area contributed by atoms with E-state index in [0.717, 1.165) is 10.6 Å². The van der Waals surface area contributed by atoms with Crippen LogP contribution in [-0.2, 0) is 26.2 Å². The van der Waals surface area contributed by atoms with Gasteiger partial charge < -0.3 is 19.7 Å². The predicted octanol–water partition coefficient (Wildman–Crippen LogP) is 3.07. The van der Waals surface area contributed by atoms with Crippen LogP contribution in [0, 0.1) is 0 Å². The molecule has 11 heteroatoms. The third-order valence-electron chi connectivity index (χ3n) is 5.23. The highest BCUT2D eigenvalue weighted by Gasteiger charge is 2.31. The lowest BCUT2D eigenvalue weighted by Gasteiger charge is -2.32. The van der Waals surface area contributed by atoms with Gasteiger partial charge in [0.05, 0.1) is 26.2 Å². The van der Waals surface area contributed by atoms with Crippen molar-refractivity contribution in [3.8, 4) is 11.5 Å². The Labute approximate surface area is 212 Å². The fraction of sp³-hybridized carbons (Fsp3) is 0.417. The minimum Gasteiger partial charge on any atom is -0.493 e. The van der Waals surface area contributed by atoms with Gasteiger partial charge in [0, 0.05) is 23.7 Å². The zero-order valence-electron chi connectivity index (χ0n) is 20.7. The summed E-state index contributed by atoms with van der Waals surface area (Å²) in [6, 6.07) is 10.5. The average molecular weight is 526 g/mol. The standard InChI is InChI=1S/C24H32ClN3O6S/c1-16(2)26-24(30)17(3)27(14-18-9-7-8-10-20(18)25)23(29)15-28(35(6,31)32)19-11-12-21(33-4)22(13-19)34-5/h7-13,16-17H,14-15H2,1-6H3,(H,26,30). The molecule has 1 N–H and O–H groups in total. The predicted molar refractivity (Wildman–Crippen MR) is 136 cm³/mol. The monoisotopic (exact) mass is 525 g/mol. The molecule has 0 heterocycles. The molecule has 0 aliphatic rings. The Morgan fingerprint density at radius 1 is 1.03 bits per heavy atom. The normalized spacial score (nSPS) is 12.1. The van der Waals surface area contributed by atoms with Crippen LogP contribution in [0.5, 0.6) is 11.5 Å². The lowest BCUT2D eigenvalue weighted by Crippen LogP contribution is -2.52. The van der Waals surface area contributed by atoms with Gasteiger partial charge >= 0.3 is 0 Å². The van der Waals surface area contributed by atoms with Crippen molar-refractivity contribution in [1.29, 1.82) is 0 Å². The van der Waals surface area contributed by atoms with Gasteiger partial charge in [-0.1, -0.05) is 29.8 Å². The molecule has 9 nitrogen and oxygen atoms in total. The van der Waals surface area contributed by atoms with Crippen molar-refractivity contribution in [3.05, 3.63) is 53.1 Å². The number of sulfonamides is 1. The van der Waals surface area contributed by atoms with E-state index >= 15 is 0 Å². The summed E-state index contributed by atoms with van der Waals surface area (Å²) >= 11 is 6.31. The molecule has 0 spiro atoms. The molecular weight excluding hydrogens is 494 g/mol. The van der Waals surface area contributed by atoms with Gasteiger partial charge in [0.25, 0.3) is 0 Å². The number of ether oxygens (including phenoxy) is 2. The highest BCUT2D eigenvalue weighted by molar-refractivity contribution is 7.92. The Bertz CT molecular complexity index is 1160. The number of amides is 2. The number of hydrogen-bond acceptors (Lipinski definition) is 6. The summed E-state index contributed by atoms with van der Waals surface area (Å²) in [5.41, 5.74) is 0.846. The summed E-state index contributed by atoms with van der Waals surface area (Å²) in [5.74, 6) is -0.215. The summed E-state index contributed by atoms with van der Waals surface area (Å²) in [7, 11) is -0.982. The zero-order valence-corrected chi connectivity index (χ0v) is 22.3. The summed E-state index contributed by atoms with van der Waals surface area (Å²) in [6.07, 6.45) is 1.00. The second kappa shape index (κ2) is 12.1. The number of methoxy groups -OCH3 is 2. The third-order valence-corrected chi connectivity index (χ3v) is 6.74. The SMILES string of the molecule is COc1ccc(N(CC(=O)N(Cc2ccccc2Cl)C(C)C(=O)NC(C)C)S(C)(=O)=O)cc1OC. The Kier molecular flexibility index (Phi) is 9.79. The van der Waals surface area contributed by atoms with Crippen molar-refractivity contribution in [2.75, 3.05) is 31.3 Å². The van der Waals surface area contributed by atoms with Crippen molar-refractivity contribution >= 4 is 39.1 Å². The molecule has 192 valence electrons. The maximum absolute atomic E-state index is 13.5. The van der Waals surface area contributed by atoms with Crippen molar-refractivity contribution < 1.29 is 27.5 Å². The number of carbonyl (C=O) groups excluding carboxylic acids is 2. The molecule has 0 saturated heterocycles. The molecule has 0 fully saturated rings. The number of rotatable bonds is 11. The van der Waals surface area contributed by atoms with Crippen molar-refractivity contribution in [2.45, 2.75) is 39.4 Å². The molecule has 2 amide bonds. The molecule has 35 heavy (non-hydrogen) atoms. The summed E-state index contributed by atoms with van der Waals surface area (Å²) in [5, 5.41) is 3.23. The first kappa shape index (κ1) is 28.3. The second-order valence-electron chi connectivity index (χ2n) is 8.26. The number of nitrogens with one attached hydrogen (secondary N) is 1. The molecule has 0 saturated carbocycles. The third kappa shape index (κ3) is 7.50. The molecule has 2 aromatic carbocycles. The number of hydrogen-bond donors (Lipinski definition) is 1. The van der Waals surface area contributed by atoms with Crippen molar-refractivity contribution in [1.82, 2.24) is 10.2 Å². The maximum atomic E-state index is 13.5. The lowest BCUT2D eigenvalue weighted by molar-refractivity contribution is -0.139. The van der Waals surface area contributed by atoms with E-state index in [1.165, 1.54) is 31.3 Å². The molecule has 1 atom stereocenters. The highest BCUT2D eigenvalue weighted by atomic mass is 35.5. The Morgan fingerprint density at radius 3 is 2.20 bits per heavy atom. The smallest absolute Gasteiger partial charge is 0.244 e. The van der Waals surface area contributed by atoms with E-state index in [9.17, 15) is 18.0 Å². The first-order chi connectivity index (χ1) is 16.4. The van der Waals surface area contributed by atoms with Crippen LogP contribution in [0.1, 0.15) is 26.3 Å². The average Bonchev–Trinajstić information content (AvgIpc) is 2.79. The lowest BCUT2D eigenvalue weighted by atomic mass is 10.1. The quantitative estimate of drug-likeness (QED) is 0.483. The van der Waals surface area contributed by atoms with E-state index in [4.69, 9.17) is 21.1 Å². The molecule has 0 aromatic heterocycles. The van der Waals surface area contributed by atoms with Crippen LogP contribution in [0.15, 0.2) is 42.5 Å². The molecule has 0 aliphatic carbocycles. The fourth-order valence-electron chi connectivity index (χ4n) is 3.39. The second-order valence-corrected chi connectivity index (χ2v) is 10.6. The molecule has 0 aliphatic heterocycles. The van der Waals surface area contributed by atoms with Crippen LogP contribution in [0.4, 0.5) is 5.69 Å². The molecule has 2 rings (SSSR count). The van der Waals surface area contributed by atoms with Gasteiger partial charge in [0.2, 0.25) is 21.8 Å². The topological polar surface area (TPSA) is 105 Å². The zero-order chi connectivity index (χ0) is 26.3. The van der Waals surface area contributed by atoms with Gasteiger partial charge in [0.15, 0.2) is 11.5 Å². The Balaban J connectivity index is 2.45. The fourth-order valence-corrected chi connectivity index (χ4v) is 4.43. The van der Waals surface area contributed by atoms with Crippen LogP contribution >= 0.6 is 11.6 Å². The van der Waals surface area contributed by atoms with E-state index in [2.05, 4.69) is 5.32 Å². The summed E-state index contributed by atoms with van der Waals surface area (Å²) < 4.78 is 36.8. The maximum Gasteiger partial charge on any atom is 0.244 e. The van der Waals surface area contributed by atoms with Crippen molar-refractivity contribution in [3.63, 3.8) is 0 Å². The molecule has 1 unspecified atom stereocenters. The molecule has 2 aromatic rings. The van der Waals surface area contributed by atoms with E-state index in [0.29, 0.717) is 22.1 Å². The number of carbonyl (C=O) groups is 2. The van der Waals surface area contributed by atoms with Crippen molar-refractivity contribution in [2.24, 2.45) is 0 Å². The van der Waals surface area contributed by atoms with Gasteiger partial charge in [-0.2, -0.15) is 0 Å².